The zero-order valence-electron chi connectivity index (χ0n) is 12.7. The number of thioether (sulfide) groups is 1. The first-order valence-corrected chi connectivity index (χ1v) is 9.22. The Morgan fingerprint density at radius 1 is 1.43 bits per heavy atom. The highest BCUT2D eigenvalue weighted by atomic mass is 32.2. The van der Waals surface area contributed by atoms with E-state index in [9.17, 15) is 4.79 Å². The Balaban J connectivity index is 1.56. The molecule has 0 unspecified atom stereocenters. The molecule has 0 spiro atoms. The number of rotatable bonds is 6. The van der Waals surface area contributed by atoms with Crippen molar-refractivity contribution in [1.82, 2.24) is 10.2 Å². The third kappa shape index (κ3) is 4.92. The number of nitrogens with zero attached hydrogens (tertiary/aromatic N) is 2. The average molecular weight is 350 g/mol. The van der Waals surface area contributed by atoms with Crippen molar-refractivity contribution in [3.8, 4) is 0 Å². The van der Waals surface area contributed by atoms with Crippen LogP contribution in [0.2, 0.25) is 0 Å². The number of hydrogen-bond donors (Lipinski definition) is 2. The fourth-order valence-electron chi connectivity index (χ4n) is 2.26. The molecule has 0 bridgehead atoms. The molecule has 1 saturated heterocycles. The molecular weight excluding hydrogens is 332 g/mol. The van der Waals surface area contributed by atoms with Crippen LogP contribution in [0.4, 0.5) is 16.5 Å². The van der Waals surface area contributed by atoms with Crippen molar-refractivity contribution < 1.29 is 9.53 Å². The predicted octanol–water partition coefficient (Wildman–Crippen LogP) is 3.51. The van der Waals surface area contributed by atoms with Crippen LogP contribution in [0.25, 0.3) is 0 Å². The first-order chi connectivity index (χ1) is 11.2. The molecular formula is C15H18N4O2S2. The molecule has 23 heavy (non-hydrogen) atoms. The van der Waals surface area contributed by atoms with Crippen molar-refractivity contribution in [3.05, 3.63) is 24.3 Å². The van der Waals surface area contributed by atoms with Gasteiger partial charge in [-0.1, -0.05) is 29.2 Å². The van der Waals surface area contributed by atoms with Gasteiger partial charge in [0.05, 0.1) is 6.10 Å². The summed E-state index contributed by atoms with van der Waals surface area (Å²) in [5.74, 6) is 0.831. The Bertz CT molecular complexity index is 671. The number of anilines is 3. The number of nitrogens with one attached hydrogen (secondary N) is 2. The zero-order valence-corrected chi connectivity index (χ0v) is 14.4. The van der Waals surface area contributed by atoms with E-state index in [0.29, 0.717) is 6.10 Å². The van der Waals surface area contributed by atoms with Gasteiger partial charge >= 0.3 is 0 Å². The third-order valence-electron chi connectivity index (χ3n) is 3.26. The molecule has 1 aliphatic heterocycles. The number of ether oxygens (including phenoxy) is 1. The van der Waals surface area contributed by atoms with Crippen molar-refractivity contribution in [2.75, 3.05) is 23.0 Å². The lowest BCUT2D eigenvalue weighted by atomic mass is 10.3. The maximum absolute atomic E-state index is 11.1. The van der Waals surface area contributed by atoms with Crippen LogP contribution in [0, 0.1) is 0 Å². The predicted molar refractivity (Wildman–Crippen MR) is 93.6 cm³/mol. The minimum Gasteiger partial charge on any atom is -0.377 e. The van der Waals surface area contributed by atoms with E-state index in [0.717, 1.165) is 46.0 Å². The summed E-state index contributed by atoms with van der Waals surface area (Å²) in [6, 6.07) is 7.51. The quantitative estimate of drug-likeness (QED) is 0.777. The van der Waals surface area contributed by atoms with Gasteiger partial charge in [0.15, 0.2) is 4.34 Å². The zero-order chi connectivity index (χ0) is 16.1. The fraction of sp³-hybridized carbons (Fsp3) is 0.400. The van der Waals surface area contributed by atoms with Gasteiger partial charge in [0, 0.05) is 30.7 Å². The molecule has 1 aliphatic rings. The van der Waals surface area contributed by atoms with E-state index in [1.807, 2.05) is 24.3 Å². The molecule has 0 radical (unpaired) electrons. The van der Waals surface area contributed by atoms with E-state index in [2.05, 4.69) is 20.8 Å². The molecule has 3 rings (SSSR count). The van der Waals surface area contributed by atoms with Crippen LogP contribution in [0.1, 0.15) is 19.8 Å². The molecule has 1 aromatic carbocycles. The second-order valence-corrected chi connectivity index (χ2v) is 7.45. The lowest BCUT2D eigenvalue weighted by Gasteiger charge is -2.06. The van der Waals surface area contributed by atoms with Gasteiger partial charge in [0.2, 0.25) is 11.0 Å². The monoisotopic (exact) mass is 350 g/mol. The minimum absolute atomic E-state index is 0.0918. The highest BCUT2D eigenvalue weighted by Gasteiger charge is 2.16. The third-order valence-corrected chi connectivity index (χ3v) is 5.36. The molecule has 122 valence electrons. The Kier molecular flexibility index (Phi) is 5.47. The molecule has 6 nitrogen and oxygen atoms in total. The molecule has 1 amide bonds. The molecule has 0 saturated carbocycles. The average Bonchev–Trinajstić information content (AvgIpc) is 3.16. The lowest BCUT2D eigenvalue weighted by molar-refractivity contribution is -0.114. The number of benzene rings is 1. The van der Waals surface area contributed by atoms with Gasteiger partial charge in [-0.3, -0.25) is 4.79 Å². The molecule has 8 heteroatoms. The molecule has 2 N–H and O–H groups in total. The molecule has 2 aromatic rings. The maximum atomic E-state index is 11.1. The standard InChI is InChI=1S/C15H18N4O2S2/c1-10(20)16-11-4-2-5-12(8-11)17-14-18-19-15(23-14)22-9-13-6-3-7-21-13/h2,4-5,8,13H,3,6-7,9H2,1H3,(H,16,20)(H,17,18)/t13-/m1/s1. The highest BCUT2D eigenvalue weighted by molar-refractivity contribution is 8.01. The molecule has 1 fully saturated rings. The van der Waals surface area contributed by atoms with Crippen LogP contribution in [0.15, 0.2) is 28.6 Å². The summed E-state index contributed by atoms with van der Waals surface area (Å²) < 4.78 is 6.54. The summed E-state index contributed by atoms with van der Waals surface area (Å²) in [6.07, 6.45) is 2.63. The SMILES string of the molecule is CC(=O)Nc1cccc(Nc2nnc(SC[C@H]3CCCO3)s2)c1. The van der Waals surface area contributed by atoms with E-state index < -0.39 is 0 Å². The number of hydrogen-bond acceptors (Lipinski definition) is 7. The van der Waals surface area contributed by atoms with E-state index in [-0.39, 0.29) is 5.91 Å². The minimum atomic E-state index is -0.0918. The number of aromatic nitrogens is 2. The first-order valence-electron chi connectivity index (χ1n) is 7.41. The van der Waals surface area contributed by atoms with Gasteiger partial charge in [0.1, 0.15) is 0 Å². The largest absolute Gasteiger partial charge is 0.377 e. The maximum Gasteiger partial charge on any atom is 0.221 e. The highest BCUT2D eigenvalue weighted by Crippen LogP contribution is 2.30. The Hall–Kier alpha value is -1.64. The lowest BCUT2D eigenvalue weighted by Crippen LogP contribution is -2.07. The van der Waals surface area contributed by atoms with Crippen molar-refractivity contribution in [2.45, 2.75) is 30.2 Å². The summed E-state index contributed by atoms with van der Waals surface area (Å²) in [5.41, 5.74) is 1.61. The van der Waals surface area contributed by atoms with Crippen molar-refractivity contribution in [3.63, 3.8) is 0 Å². The summed E-state index contributed by atoms with van der Waals surface area (Å²) in [7, 11) is 0. The Morgan fingerprint density at radius 3 is 3.09 bits per heavy atom. The fourth-order valence-corrected chi connectivity index (χ4v) is 4.12. The van der Waals surface area contributed by atoms with Crippen molar-refractivity contribution in [2.24, 2.45) is 0 Å². The molecule has 1 atom stereocenters. The van der Waals surface area contributed by atoms with E-state index in [4.69, 9.17) is 4.74 Å². The van der Waals surface area contributed by atoms with Crippen LogP contribution in [-0.2, 0) is 9.53 Å². The Labute approximate surface area is 143 Å². The van der Waals surface area contributed by atoms with Crippen LogP contribution in [0.3, 0.4) is 0 Å². The van der Waals surface area contributed by atoms with Gasteiger partial charge in [-0.05, 0) is 31.0 Å². The summed E-state index contributed by atoms with van der Waals surface area (Å²) in [4.78, 5) is 11.1. The first kappa shape index (κ1) is 16.2. The molecule has 2 heterocycles. The molecule has 1 aromatic heterocycles. The van der Waals surface area contributed by atoms with Gasteiger partial charge in [-0.25, -0.2) is 0 Å². The van der Waals surface area contributed by atoms with Gasteiger partial charge in [-0.2, -0.15) is 0 Å². The Morgan fingerprint density at radius 2 is 2.30 bits per heavy atom. The number of carbonyl (C=O) groups excluding carboxylic acids is 1. The van der Waals surface area contributed by atoms with Gasteiger partial charge in [-0.15, -0.1) is 10.2 Å². The van der Waals surface area contributed by atoms with E-state index >= 15 is 0 Å². The van der Waals surface area contributed by atoms with Crippen LogP contribution >= 0.6 is 23.1 Å². The normalized spacial score (nSPS) is 17.2. The number of amides is 1. The number of carbonyl (C=O) groups is 1. The summed E-state index contributed by atoms with van der Waals surface area (Å²) >= 11 is 3.20. The summed E-state index contributed by atoms with van der Waals surface area (Å²) in [5, 5.41) is 15.1. The topological polar surface area (TPSA) is 76.1 Å². The summed E-state index contributed by atoms with van der Waals surface area (Å²) in [6.45, 7) is 2.36. The van der Waals surface area contributed by atoms with Crippen molar-refractivity contribution >= 4 is 45.5 Å². The second-order valence-electron chi connectivity index (χ2n) is 5.21. The van der Waals surface area contributed by atoms with E-state index in [1.54, 1.807) is 11.8 Å². The second kappa shape index (κ2) is 7.76. The molecule has 0 aliphatic carbocycles. The van der Waals surface area contributed by atoms with Gasteiger partial charge in [0.25, 0.3) is 0 Å². The smallest absolute Gasteiger partial charge is 0.221 e. The van der Waals surface area contributed by atoms with Crippen LogP contribution < -0.4 is 10.6 Å². The van der Waals surface area contributed by atoms with E-state index in [1.165, 1.54) is 18.3 Å². The van der Waals surface area contributed by atoms with Crippen LogP contribution in [-0.4, -0.2) is 34.6 Å². The van der Waals surface area contributed by atoms with Crippen LogP contribution in [0.5, 0.6) is 0 Å². The van der Waals surface area contributed by atoms with Gasteiger partial charge < -0.3 is 15.4 Å². The van der Waals surface area contributed by atoms with Crippen molar-refractivity contribution in [1.29, 1.82) is 0 Å².